The molecule has 0 fully saturated rings. The molecule has 2 heteroatoms. The maximum atomic E-state index is 2.43. The Morgan fingerprint density at radius 1 is 1.10 bits per heavy atom. The van der Waals surface area contributed by atoms with Gasteiger partial charge in [-0.2, -0.15) is 0 Å². The highest BCUT2D eigenvalue weighted by Gasteiger charge is 1.98. The van der Waals surface area contributed by atoms with Gasteiger partial charge in [-0.3, -0.25) is 4.31 Å². The molecule has 0 amide bonds. The summed E-state index contributed by atoms with van der Waals surface area (Å²) in [4.78, 5) is 0. The predicted octanol–water partition coefficient (Wildman–Crippen LogP) is 2.78. The summed E-state index contributed by atoms with van der Waals surface area (Å²) in [6.07, 6.45) is 6.07. The molecule has 0 aromatic rings. The molecule has 0 radical (unpaired) electrons. The van der Waals surface area contributed by atoms with Gasteiger partial charge in [0, 0.05) is 13.1 Å². The highest BCUT2D eigenvalue weighted by molar-refractivity contribution is 7.96. The van der Waals surface area contributed by atoms with Crippen LogP contribution in [0, 0.1) is 0 Å². The third-order valence-corrected chi connectivity index (χ3v) is 2.37. The molecule has 0 aliphatic carbocycles. The van der Waals surface area contributed by atoms with Crippen molar-refractivity contribution in [1.82, 2.24) is 4.31 Å². The van der Waals surface area contributed by atoms with E-state index in [0.717, 1.165) is 0 Å². The van der Waals surface area contributed by atoms with Crippen molar-refractivity contribution >= 4 is 11.9 Å². The van der Waals surface area contributed by atoms with Crippen molar-refractivity contribution < 1.29 is 0 Å². The first-order valence-electron chi connectivity index (χ1n) is 4.14. The second-order valence-electron chi connectivity index (χ2n) is 2.47. The van der Waals surface area contributed by atoms with Crippen LogP contribution >= 0.6 is 11.9 Å². The van der Waals surface area contributed by atoms with Crippen LogP contribution in [0.2, 0.25) is 0 Å². The van der Waals surface area contributed by atoms with Gasteiger partial charge < -0.3 is 0 Å². The summed E-state index contributed by atoms with van der Waals surface area (Å²) in [6, 6.07) is 0. The summed E-state index contributed by atoms with van der Waals surface area (Å²) in [6.45, 7) is 6.96. The number of hydrogen-bond acceptors (Lipinski definition) is 2. The van der Waals surface area contributed by atoms with Gasteiger partial charge in [-0.05, 0) is 19.1 Å². The molecular formula is C8H19NS. The minimum absolute atomic E-state index is 1.24. The Kier molecular flexibility index (Phi) is 7.65. The molecule has 0 saturated heterocycles. The first-order valence-corrected chi connectivity index (χ1v) is 5.32. The lowest BCUT2D eigenvalue weighted by Gasteiger charge is -2.16. The van der Waals surface area contributed by atoms with E-state index in [9.17, 15) is 0 Å². The Hall–Kier alpha value is 0.310. The van der Waals surface area contributed by atoms with Crippen molar-refractivity contribution in [2.24, 2.45) is 0 Å². The van der Waals surface area contributed by atoms with Crippen LogP contribution in [-0.4, -0.2) is 23.7 Å². The highest BCUT2D eigenvalue weighted by Crippen LogP contribution is 2.06. The van der Waals surface area contributed by atoms with Gasteiger partial charge >= 0.3 is 0 Å². The fraction of sp³-hybridized carbons (Fsp3) is 1.00. The van der Waals surface area contributed by atoms with E-state index in [4.69, 9.17) is 0 Å². The predicted molar refractivity (Wildman–Crippen MR) is 50.3 cm³/mol. The number of nitrogens with zero attached hydrogens (tertiary/aromatic N) is 1. The summed E-state index contributed by atoms with van der Waals surface area (Å²) in [5.41, 5.74) is 0. The van der Waals surface area contributed by atoms with Crippen molar-refractivity contribution in [2.45, 2.75) is 33.1 Å². The molecule has 0 bridgehead atoms. The smallest absolute Gasteiger partial charge is 0.00891 e. The standard InChI is InChI=1S/C8H19NS/c1-4-6-8-9(10-3)7-5-2/h4-8H2,1-3H3. The maximum absolute atomic E-state index is 2.43. The number of rotatable bonds is 6. The topological polar surface area (TPSA) is 3.24 Å². The van der Waals surface area contributed by atoms with Gasteiger partial charge in [0.25, 0.3) is 0 Å². The molecule has 0 aliphatic heterocycles. The van der Waals surface area contributed by atoms with E-state index in [1.807, 2.05) is 11.9 Å². The van der Waals surface area contributed by atoms with Crippen LogP contribution in [0.4, 0.5) is 0 Å². The van der Waals surface area contributed by atoms with Crippen LogP contribution < -0.4 is 0 Å². The number of hydrogen-bond donors (Lipinski definition) is 0. The first-order chi connectivity index (χ1) is 4.85. The molecule has 0 atom stereocenters. The van der Waals surface area contributed by atoms with Crippen molar-refractivity contribution in [2.75, 3.05) is 19.3 Å². The first kappa shape index (κ1) is 10.3. The van der Waals surface area contributed by atoms with Gasteiger partial charge in [0.2, 0.25) is 0 Å². The van der Waals surface area contributed by atoms with E-state index in [-0.39, 0.29) is 0 Å². The summed E-state index contributed by atoms with van der Waals surface area (Å²) in [5.74, 6) is 0. The quantitative estimate of drug-likeness (QED) is 0.551. The van der Waals surface area contributed by atoms with Crippen molar-refractivity contribution in [1.29, 1.82) is 0 Å². The molecule has 0 N–H and O–H groups in total. The Labute approximate surface area is 69.3 Å². The molecular weight excluding hydrogens is 142 g/mol. The van der Waals surface area contributed by atoms with E-state index in [1.54, 1.807) is 0 Å². The van der Waals surface area contributed by atoms with E-state index in [1.165, 1.54) is 32.4 Å². The summed E-state index contributed by atoms with van der Waals surface area (Å²) in [5, 5.41) is 0. The van der Waals surface area contributed by atoms with Crippen molar-refractivity contribution in [3.8, 4) is 0 Å². The largest absolute Gasteiger partial charge is 0.251 e. The minimum atomic E-state index is 1.24. The van der Waals surface area contributed by atoms with Crippen LogP contribution in [-0.2, 0) is 0 Å². The molecule has 0 heterocycles. The average molecular weight is 161 g/mol. The molecule has 0 rings (SSSR count). The van der Waals surface area contributed by atoms with Gasteiger partial charge in [-0.1, -0.05) is 32.2 Å². The molecule has 1 nitrogen and oxygen atoms in total. The molecule has 0 aromatic heterocycles. The normalized spacial score (nSPS) is 10.8. The van der Waals surface area contributed by atoms with Crippen LogP contribution in [0.1, 0.15) is 33.1 Å². The summed E-state index contributed by atoms with van der Waals surface area (Å²) >= 11 is 1.87. The van der Waals surface area contributed by atoms with Crippen LogP contribution in [0.15, 0.2) is 0 Å². The minimum Gasteiger partial charge on any atom is -0.251 e. The lowest BCUT2D eigenvalue weighted by atomic mass is 10.3. The van der Waals surface area contributed by atoms with Gasteiger partial charge in [0.1, 0.15) is 0 Å². The molecule has 0 spiro atoms. The molecule has 62 valence electrons. The monoisotopic (exact) mass is 161 g/mol. The Bertz CT molecular complexity index is 66.3. The zero-order chi connectivity index (χ0) is 7.82. The Morgan fingerprint density at radius 2 is 1.80 bits per heavy atom. The van der Waals surface area contributed by atoms with Gasteiger partial charge in [-0.25, -0.2) is 0 Å². The molecule has 10 heavy (non-hydrogen) atoms. The van der Waals surface area contributed by atoms with Gasteiger partial charge in [0.05, 0.1) is 0 Å². The SMILES string of the molecule is CCCCN(CCC)SC. The fourth-order valence-corrected chi connectivity index (χ4v) is 1.56. The van der Waals surface area contributed by atoms with Crippen molar-refractivity contribution in [3.63, 3.8) is 0 Å². The van der Waals surface area contributed by atoms with Crippen LogP contribution in [0.5, 0.6) is 0 Å². The van der Waals surface area contributed by atoms with Gasteiger partial charge in [0.15, 0.2) is 0 Å². The second kappa shape index (κ2) is 7.42. The maximum Gasteiger partial charge on any atom is 0.00891 e. The highest BCUT2D eigenvalue weighted by atomic mass is 32.2. The zero-order valence-corrected chi connectivity index (χ0v) is 8.21. The van der Waals surface area contributed by atoms with E-state index in [2.05, 4.69) is 24.4 Å². The molecule has 0 saturated carbocycles. The third-order valence-electron chi connectivity index (χ3n) is 1.49. The number of unbranched alkanes of at least 4 members (excludes halogenated alkanes) is 1. The second-order valence-corrected chi connectivity index (χ2v) is 3.35. The molecule has 0 aliphatic rings. The molecule has 0 unspecified atom stereocenters. The lowest BCUT2D eigenvalue weighted by molar-refractivity contribution is 0.456. The van der Waals surface area contributed by atoms with E-state index >= 15 is 0 Å². The summed E-state index contributed by atoms with van der Waals surface area (Å²) < 4.78 is 2.43. The lowest BCUT2D eigenvalue weighted by Crippen LogP contribution is -2.17. The van der Waals surface area contributed by atoms with Crippen molar-refractivity contribution in [3.05, 3.63) is 0 Å². The average Bonchev–Trinajstić information content (AvgIpc) is 1.98. The van der Waals surface area contributed by atoms with Crippen LogP contribution in [0.25, 0.3) is 0 Å². The Morgan fingerprint density at radius 3 is 2.20 bits per heavy atom. The van der Waals surface area contributed by atoms with Crippen LogP contribution in [0.3, 0.4) is 0 Å². The summed E-state index contributed by atoms with van der Waals surface area (Å²) in [7, 11) is 0. The molecule has 0 aromatic carbocycles. The van der Waals surface area contributed by atoms with E-state index in [0.29, 0.717) is 0 Å². The zero-order valence-electron chi connectivity index (χ0n) is 7.39. The third kappa shape index (κ3) is 5.12. The van der Waals surface area contributed by atoms with E-state index < -0.39 is 0 Å². The van der Waals surface area contributed by atoms with Gasteiger partial charge in [-0.15, -0.1) is 0 Å². The Balaban J connectivity index is 3.21. The fourth-order valence-electron chi connectivity index (χ4n) is 0.878.